The fourth-order valence-electron chi connectivity index (χ4n) is 2.05. The summed E-state index contributed by atoms with van der Waals surface area (Å²) >= 11 is 1.62. The van der Waals surface area contributed by atoms with E-state index >= 15 is 0 Å². The monoisotopic (exact) mass is 432 g/mol. The number of fused-ring (bicyclic) bond motifs is 1. The standard InChI is InChI=1S/C13H16N6OS.HI/c1-14-12(18(2)8-10-3-5-20-17-10)15-7-11-9-19-4-6-21-13(19)16-11;/h3-6,9H,7-8H2,1-2H3,(H,14,15);1H. The lowest BCUT2D eigenvalue weighted by atomic mass is 10.4. The zero-order valence-electron chi connectivity index (χ0n) is 12.3. The van der Waals surface area contributed by atoms with Crippen molar-refractivity contribution in [2.75, 3.05) is 14.1 Å². The fraction of sp³-hybridized carbons (Fsp3) is 0.308. The minimum Gasteiger partial charge on any atom is -0.364 e. The first-order chi connectivity index (χ1) is 10.3. The molecule has 0 aliphatic heterocycles. The van der Waals surface area contributed by atoms with Crippen LogP contribution in [0, 0.1) is 0 Å². The Hall–Kier alpha value is -1.62. The molecule has 0 unspecified atom stereocenters. The van der Waals surface area contributed by atoms with Crippen LogP contribution in [-0.4, -0.2) is 39.5 Å². The molecule has 0 amide bonds. The van der Waals surface area contributed by atoms with Crippen molar-refractivity contribution in [3.8, 4) is 0 Å². The highest BCUT2D eigenvalue weighted by Gasteiger charge is 2.09. The predicted octanol–water partition coefficient (Wildman–Crippen LogP) is 2.21. The number of hydrogen-bond donors (Lipinski definition) is 1. The topological polar surface area (TPSA) is 71.0 Å². The number of nitrogens with zero attached hydrogens (tertiary/aromatic N) is 5. The molecule has 0 bridgehead atoms. The molecule has 0 aliphatic rings. The van der Waals surface area contributed by atoms with Crippen molar-refractivity contribution >= 4 is 46.2 Å². The first kappa shape index (κ1) is 16.7. The Bertz CT molecular complexity index is 706. The van der Waals surface area contributed by atoms with Gasteiger partial charge >= 0.3 is 0 Å². The largest absolute Gasteiger partial charge is 0.364 e. The van der Waals surface area contributed by atoms with Gasteiger partial charge in [-0.05, 0) is 0 Å². The van der Waals surface area contributed by atoms with Crippen LogP contribution in [0.5, 0.6) is 0 Å². The summed E-state index contributed by atoms with van der Waals surface area (Å²) in [4.78, 5) is 11.8. The molecule has 3 aromatic rings. The first-order valence-corrected chi connectivity index (χ1v) is 7.36. The number of aliphatic imine (C=N–C) groups is 1. The SMILES string of the molecule is CN=C(NCc1cn2ccsc2n1)N(C)Cc1ccon1.I. The van der Waals surface area contributed by atoms with Gasteiger partial charge in [-0.3, -0.25) is 9.39 Å². The maximum Gasteiger partial charge on any atom is 0.194 e. The first-order valence-electron chi connectivity index (χ1n) is 6.48. The normalized spacial score (nSPS) is 11.5. The number of imidazole rings is 1. The van der Waals surface area contributed by atoms with E-state index in [0.29, 0.717) is 13.1 Å². The van der Waals surface area contributed by atoms with E-state index in [1.165, 1.54) is 0 Å². The third-order valence-corrected chi connectivity index (χ3v) is 3.81. The number of hydrogen-bond acceptors (Lipinski definition) is 5. The van der Waals surface area contributed by atoms with Crippen molar-refractivity contribution in [2.24, 2.45) is 4.99 Å². The van der Waals surface area contributed by atoms with E-state index in [1.54, 1.807) is 24.6 Å². The molecule has 0 fully saturated rings. The van der Waals surface area contributed by atoms with Crippen LogP contribution in [-0.2, 0) is 13.1 Å². The molecule has 3 aromatic heterocycles. The molecule has 0 saturated heterocycles. The van der Waals surface area contributed by atoms with Crippen LogP contribution in [0.25, 0.3) is 4.96 Å². The van der Waals surface area contributed by atoms with Crippen molar-refractivity contribution < 1.29 is 4.52 Å². The maximum atomic E-state index is 4.83. The van der Waals surface area contributed by atoms with E-state index in [2.05, 4.69) is 20.4 Å². The van der Waals surface area contributed by atoms with Gasteiger partial charge in [0.05, 0.1) is 18.8 Å². The minimum atomic E-state index is 0. The molecule has 22 heavy (non-hydrogen) atoms. The predicted molar refractivity (Wildman–Crippen MR) is 96.7 cm³/mol. The average molecular weight is 432 g/mol. The Morgan fingerprint density at radius 3 is 3.05 bits per heavy atom. The van der Waals surface area contributed by atoms with Crippen molar-refractivity contribution in [1.29, 1.82) is 0 Å². The fourth-order valence-corrected chi connectivity index (χ4v) is 2.77. The van der Waals surface area contributed by atoms with Crippen LogP contribution in [0.3, 0.4) is 0 Å². The molecule has 9 heteroatoms. The molecule has 0 aliphatic carbocycles. The summed E-state index contributed by atoms with van der Waals surface area (Å²) in [5, 5.41) is 9.21. The smallest absolute Gasteiger partial charge is 0.194 e. The molecular weight excluding hydrogens is 415 g/mol. The Morgan fingerprint density at radius 1 is 1.50 bits per heavy atom. The molecule has 1 N–H and O–H groups in total. The lowest BCUT2D eigenvalue weighted by Gasteiger charge is -2.20. The Morgan fingerprint density at radius 2 is 2.36 bits per heavy atom. The molecule has 0 aromatic carbocycles. The van der Waals surface area contributed by atoms with Gasteiger partial charge in [-0.2, -0.15) is 0 Å². The van der Waals surface area contributed by atoms with Crippen LogP contribution < -0.4 is 5.32 Å². The van der Waals surface area contributed by atoms with Crippen LogP contribution in [0.4, 0.5) is 0 Å². The third kappa shape index (κ3) is 3.77. The highest BCUT2D eigenvalue weighted by atomic mass is 127. The Labute approximate surface area is 149 Å². The van der Waals surface area contributed by atoms with E-state index in [4.69, 9.17) is 4.52 Å². The molecular formula is C13H17IN6OS. The van der Waals surface area contributed by atoms with Crippen LogP contribution in [0.1, 0.15) is 11.4 Å². The summed E-state index contributed by atoms with van der Waals surface area (Å²) < 4.78 is 6.85. The van der Waals surface area contributed by atoms with E-state index < -0.39 is 0 Å². The number of guanidine groups is 1. The van der Waals surface area contributed by atoms with Crippen molar-refractivity contribution in [1.82, 2.24) is 24.8 Å². The minimum absolute atomic E-state index is 0. The quantitative estimate of drug-likeness (QED) is 0.389. The number of nitrogens with one attached hydrogen (secondary N) is 1. The Kier molecular flexibility index (Phi) is 5.77. The van der Waals surface area contributed by atoms with Crippen molar-refractivity contribution in [3.63, 3.8) is 0 Å². The second-order valence-electron chi connectivity index (χ2n) is 4.57. The van der Waals surface area contributed by atoms with Gasteiger partial charge in [0.1, 0.15) is 12.0 Å². The second kappa shape index (κ2) is 7.58. The molecule has 0 atom stereocenters. The van der Waals surface area contributed by atoms with Crippen molar-refractivity contribution in [2.45, 2.75) is 13.1 Å². The van der Waals surface area contributed by atoms with Gasteiger partial charge in [0, 0.05) is 37.9 Å². The summed E-state index contributed by atoms with van der Waals surface area (Å²) in [5.74, 6) is 0.786. The molecule has 0 saturated carbocycles. The summed E-state index contributed by atoms with van der Waals surface area (Å²) in [7, 11) is 3.71. The third-order valence-electron chi connectivity index (χ3n) is 3.03. The molecule has 3 rings (SSSR count). The van der Waals surface area contributed by atoms with Crippen LogP contribution >= 0.6 is 35.3 Å². The van der Waals surface area contributed by atoms with Crippen molar-refractivity contribution in [3.05, 3.63) is 41.5 Å². The van der Waals surface area contributed by atoms with Crippen LogP contribution in [0.2, 0.25) is 0 Å². The molecule has 0 spiro atoms. The number of thiazole rings is 1. The van der Waals surface area contributed by atoms with Gasteiger partial charge in [-0.1, -0.05) is 5.16 Å². The second-order valence-corrected chi connectivity index (χ2v) is 5.45. The van der Waals surface area contributed by atoms with Gasteiger partial charge in [0.15, 0.2) is 10.9 Å². The summed E-state index contributed by atoms with van der Waals surface area (Å²) in [6.07, 6.45) is 5.59. The van der Waals surface area contributed by atoms with Gasteiger partial charge in [-0.15, -0.1) is 35.3 Å². The Balaban J connectivity index is 0.00000176. The number of halogens is 1. The summed E-state index contributed by atoms with van der Waals surface area (Å²) in [6, 6.07) is 1.84. The molecule has 7 nitrogen and oxygen atoms in total. The van der Waals surface area contributed by atoms with E-state index in [9.17, 15) is 0 Å². The molecule has 0 radical (unpaired) electrons. The average Bonchev–Trinajstić information content (AvgIpc) is 3.15. The highest BCUT2D eigenvalue weighted by molar-refractivity contribution is 14.0. The van der Waals surface area contributed by atoms with Gasteiger partial charge in [-0.25, -0.2) is 4.98 Å². The van der Waals surface area contributed by atoms with E-state index in [-0.39, 0.29) is 24.0 Å². The lowest BCUT2D eigenvalue weighted by Crippen LogP contribution is -2.38. The van der Waals surface area contributed by atoms with E-state index in [1.807, 2.05) is 40.2 Å². The zero-order chi connectivity index (χ0) is 14.7. The zero-order valence-corrected chi connectivity index (χ0v) is 15.4. The summed E-state index contributed by atoms with van der Waals surface area (Å²) in [6.45, 7) is 1.26. The molecule has 3 heterocycles. The van der Waals surface area contributed by atoms with Gasteiger partial charge < -0.3 is 14.7 Å². The maximum absolute atomic E-state index is 4.83. The highest BCUT2D eigenvalue weighted by Crippen LogP contribution is 2.11. The lowest BCUT2D eigenvalue weighted by molar-refractivity contribution is 0.391. The number of rotatable bonds is 4. The van der Waals surface area contributed by atoms with Crippen LogP contribution in [0.15, 0.2) is 39.6 Å². The van der Waals surface area contributed by atoms with Gasteiger partial charge in [0.2, 0.25) is 0 Å². The molecule has 118 valence electrons. The van der Waals surface area contributed by atoms with E-state index in [0.717, 1.165) is 22.3 Å². The summed E-state index contributed by atoms with van der Waals surface area (Å²) in [5.41, 5.74) is 1.85. The van der Waals surface area contributed by atoms with Gasteiger partial charge in [0.25, 0.3) is 0 Å². The number of aromatic nitrogens is 3.